The fraction of sp³-hybridized carbons (Fsp3) is 0.125. The highest BCUT2D eigenvalue weighted by atomic mass is 127. The highest BCUT2D eigenvalue weighted by molar-refractivity contribution is 14.1. The summed E-state index contributed by atoms with van der Waals surface area (Å²) in [5.74, 6) is 0.934. The van der Waals surface area contributed by atoms with Crippen LogP contribution in [0.3, 0.4) is 0 Å². The predicted octanol–water partition coefficient (Wildman–Crippen LogP) is 4.03. The Kier molecular flexibility index (Phi) is 3.22. The summed E-state index contributed by atoms with van der Waals surface area (Å²) in [6.45, 7) is 2.10. The molecular formula is C16H12IN3. The number of hydrogen-bond acceptors (Lipinski definition) is 2. The van der Waals surface area contributed by atoms with Gasteiger partial charge in [0.25, 0.3) is 0 Å². The largest absolute Gasteiger partial charge is 0.327 e. The van der Waals surface area contributed by atoms with Crippen LogP contribution in [-0.2, 0) is 7.05 Å². The smallest absolute Gasteiger partial charge is 0.141 e. The van der Waals surface area contributed by atoms with E-state index in [1.807, 2.05) is 31.3 Å². The van der Waals surface area contributed by atoms with E-state index < -0.39 is 0 Å². The number of benzene rings is 2. The lowest BCUT2D eigenvalue weighted by atomic mass is 10.1. The highest BCUT2D eigenvalue weighted by Crippen LogP contribution is 2.29. The lowest BCUT2D eigenvalue weighted by molar-refractivity contribution is 0.958. The molecule has 0 radical (unpaired) electrons. The van der Waals surface area contributed by atoms with Gasteiger partial charge in [0.2, 0.25) is 0 Å². The topological polar surface area (TPSA) is 41.6 Å². The quantitative estimate of drug-likeness (QED) is 0.605. The first-order chi connectivity index (χ1) is 9.61. The molecule has 1 aromatic heterocycles. The van der Waals surface area contributed by atoms with Crippen molar-refractivity contribution in [1.82, 2.24) is 9.55 Å². The number of rotatable bonds is 1. The molecule has 0 bridgehead atoms. The van der Waals surface area contributed by atoms with Crippen LogP contribution in [0.4, 0.5) is 0 Å². The van der Waals surface area contributed by atoms with Gasteiger partial charge in [-0.05, 0) is 53.3 Å². The van der Waals surface area contributed by atoms with Crippen molar-refractivity contribution >= 4 is 33.6 Å². The molecule has 20 heavy (non-hydrogen) atoms. The Morgan fingerprint density at radius 1 is 1.25 bits per heavy atom. The number of aromatic nitrogens is 2. The van der Waals surface area contributed by atoms with Gasteiger partial charge in [-0.1, -0.05) is 18.2 Å². The molecule has 0 amide bonds. The molecule has 3 rings (SSSR count). The summed E-state index contributed by atoms with van der Waals surface area (Å²) in [5.41, 5.74) is 4.91. The van der Waals surface area contributed by atoms with Gasteiger partial charge in [-0.3, -0.25) is 0 Å². The molecule has 0 aliphatic heterocycles. The number of aryl methyl sites for hydroxylation is 2. The predicted molar refractivity (Wildman–Crippen MR) is 88.3 cm³/mol. The van der Waals surface area contributed by atoms with E-state index >= 15 is 0 Å². The molecule has 3 aromatic rings. The Labute approximate surface area is 131 Å². The number of nitrogens with zero attached hydrogens (tertiary/aromatic N) is 3. The fourth-order valence-corrected chi connectivity index (χ4v) is 2.93. The van der Waals surface area contributed by atoms with Crippen LogP contribution in [0.5, 0.6) is 0 Å². The second-order valence-electron chi connectivity index (χ2n) is 4.75. The molecule has 0 saturated carbocycles. The highest BCUT2D eigenvalue weighted by Gasteiger charge is 2.13. The Morgan fingerprint density at radius 2 is 2.05 bits per heavy atom. The van der Waals surface area contributed by atoms with Crippen molar-refractivity contribution in [3.63, 3.8) is 0 Å². The van der Waals surface area contributed by atoms with Crippen LogP contribution in [-0.4, -0.2) is 9.55 Å². The number of halogens is 1. The molecule has 1 heterocycles. The average molecular weight is 373 g/mol. The van der Waals surface area contributed by atoms with E-state index in [9.17, 15) is 0 Å². The van der Waals surface area contributed by atoms with Gasteiger partial charge in [-0.25, -0.2) is 4.98 Å². The molecule has 0 aliphatic rings. The van der Waals surface area contributed by atoms with E-state index in [1.54, 1.807) is 0 Å². The summed E-state index contributed by atoms with van der Waals surface area (Å²) in [6.07, 6.45) is 0. The third-order valence-corrected chi connectivity index (χ3v) is 4.87. The summed E-state index contributed by atoms with van der Waals surface area (Å²) in [4.78, 5) is 4.70. The van der Waals surface area contributed by atoms with Crippen LogP contribution in [0.1, 0.15) is 11.1 Å². The van der Waals surface area contributed by atoms with Gasteiger partial charge in [0, 0.05) is 16.2 Å². The molecule has 0 fully saturated rings. The SMILES string of the molecule is Cc1cccc(-c2nc3cc(C#N)ccc3n2C)c1I. The monoisotopic (exact) mass is 373 g/mol. The first kappa shape index (κ1) is 13.1. The van der Waals surface area contributed by atoms with Gasteiger partial charge in [-0.15, -0.1) is 0 Å². The molecule has 0 unspecified atom stereocenters. The van der Waals surface area contributed by atoms with Crippen LogP contribution in [0.25, 0.3) is 22.4 Å². The van der Waals surface area contributed by atoms with Gasteiger partial charge >= 0.3 is 0 Å². The normalized spacial score (nSPS) is 10.7. The van der Waals surface area contributed by atoms with Crippen LogP contribution >= 0.6 is 22.6 Å². The molecule has 3 nitrogen and oxygen atoms in total. The van der Waals surface area contributed by atoms with Crippen molar-refractivity contribution < 1.29 is 0 Å². The Morgan fingerprint density at radius 3 is 2.80 bits per heavy atom. The Balaban J connectivity index is 2.30. The van der Waals surface area contributed by atoms with Crippen LogP contribution in [0.2, 0.25) is 0 Å². The minimum absolute atomic E-state index is 0.640. The van der Waals surface area contributed by atoms with E-state index in [-0.39, 0.29) is 0 Å². The number of imidazole rings is 1. The molecule has 0 aliphatic carbocycles. The van der Waals surface area contributed by atoms with Crippen molar-refractivity contribution in [1.29, 1.82) is 5.26 Å². The van der Waals surface area contributed by atoms with Crippen LogP contribution in [0.15, 0.2) is 36.4 Å². The van der Waals surface area contributed by atoms with Crippen molar-refractivity contribution in [3.05, 3.63) is 51.1 Å². The summed E-state index contributed by atoms with van der Waals surface area (Å²) >= 11 is 2.36. The lowest BCUT2D eigenvalue weighted by Crippen LogP contribution is -1.95. The fourth-order valence-electron chi connectivity index (χ4n) is 2.33. The van der Waals surface area contributed by atoms with Gasteiger partial charge in [0.05, 0.1) is 22.7 Å². The molecule has 4 heteroatoms. The summed E-state index contributed by atoms with van der Waals surface area (Å²) in [5, 5.41) is 8.98. The van der Waals surface area contributed by atoms with Gasteiger partial charge in [0.1, 0.15) is 5.82 Å². The number of hydrogen-bond donors (Lipinski definition) is 0. The minimum atomic E-state index is 0.640. The van der Waals surface area contributed by atoms with E-state index in [0.717, 1.165) is 22.4 Å². The van der Waals surface area contributed by atoms with Gasteiger partial charge in [-0.2, -0.15) is 5.26 Å². The second kappa shape index (κ2) is 4.91. The van der Waals surface area contributed by atoms with Gasteiger partial charge < -0.3 is 4.57 Å². The Hall–Kier alpha value is -1.87. The molecule has 0 spiro atoms. The van der Waals surface area contributed by atoms with Gasteiger partial charge in [0.15, 0.2) is 0 Å². The second-order valence-corrected chi connectivity index (χ2v) is 5.82. The zero-order valence-electron chi connectivity index (χ0n) is 11.2. The number of fused-ring (bicyclic) bond motifs is 1. The van der Waals surface area contributed by atoms with E-state index in [0.29, 0.717) is 5.56 Å². The molecule has 98 valence electrons. The molecule has 2 aromatic carbocycles. The molecule has 0 N–H and O–H groups in total. The average Bonchev–Trinajstić information content (AvgIpc) is 2.78. The maximum absolute atomic E-state index is 8.98. The summed E-state index contributed by atoms with van der Waals surface area (Å²) in [7, 11) is 2.01. The molecule has 0 saturated heterocycles. The first-order valence-electron chi connectivity index (χ1n) is 6.24. The van der Waals surface area contributed by atoms with Crippen molar-refractivity contribution in [3.8, 4) is 17.5 Å². The van der Waals surface area contributed by atoms with E-state index in [2.05, 4.69) is 52.3 Å². The van der Waals surface area contributed by atoms with Crippen molar-refractivity contribution in [2.45, 2.75) is 6.92 Å². The molecular weight excluding hydrogens is 361 g/mol. The zero-order valence-corrected chi connectivity index (χ0v) is 13.3. The molecule has 0 atom stereocenters. The minimum Gasteiger partial charge on any atom is -0.327 e. The number of nitriles is 1. The lowest BCUT2D eigenvalue weighted by Gasteiger charge is -2.07. The summed E-state index contributed by atoms with van der Waals surface area (Å²) < 4.78 is 3.29. The first-order valence-corrected chi connectivity index (χ1v) is 7.32. The third kappa shape index (κ3) is 1.98. The van der Waals surface area contributed by atoms with Crippen LogP contribution in [0, 0.1) is 21.8 Å². The van der Waals surface area contributed by atoms with Crippen molar-refractivity contribution in [2.75, 3.05) is 0 Å². The van der Waals surface area contributed by atoms with Crippen molar-refractivity contribution in [2.24, 2.45) is 7.05 Å². The maximum Gasteiger partial charge on any atom is 0.141 e. The maximum atomic E-state index is 8.98. The summed E-state index contributed by atoms with van der Waals surface area (Å²) in [6, 6.07) is 14.0. The van der Waals surface area contributed by atoms with E-state index in [1.165, 1.54) is 9.13 Å². The third-order valence-electron chi connectivity index (χ3n) is 3.44. The zero-order chi connectivity index (χ0) is 14.3. The Bertz CT molecular complexity index is 856. The standard InChI is InChI=1S/C16H12IN3/c1-10-4-3-5-12(15(10)17)16-19-13-8-11(9-18)6-7-14(13)20(16)2/h3-8H,1-2H3. The van der Waals surface area contributed by atoms with Crippen LogP contribution < -0.4 is 0 Å². The van der Waals surface area contributed by atoms with E-state index in [4.69, 9.17) is 10.2 Å².